The third-order valence-corrected chi connectivity index (χ3v) is 1.09. The number of anilines is 1. The standard InChI is InChI=1S/C6H9F2N3/c1-6(7,8)4-11-3-5(9)2-10-11/h2-3H,4,9H2,1H3. The summed E-state index contributed by atoms with van der Waals surface area (Å²) < 4.78 is 25.8. The fraction of sp³-hybridized carbons (Fsp3) is 0.500. The summed E-state index contributed by atoms with van der Waals surface area (Å²) in [6, 6.07) is 0. The van der Waals surface area contributed by atoms with Crippen molar-refractivity contribution in [3.05, 3.63) is 12.4 Å². The van der Waals surface area contributed by atoms with Crippen LogP contribution in [0.5, 0.6) is 0 Å². The SMILES string of the molecule is CC(F)(F)Cn1cc(N)cn1. The molecule has 1 aromatic heterocycles. The number of nitrogens with zero attached hydrogens (tertiary/aromatic N) is 2. The highest BCUT2D eigenvalue weighted by Gasteiger charge is 2.21. The maximum absolute atomic E-state index is 12.3. The monoisotopic (exact) mass is 161 g/mol. The quantitative estimate of drug-likeness (QED) is 0.706. The molecular formula is C6H9F2N3. The van der Waals surface area contributed by atoms with Crippen LogP contribution in [0, 0.1) is 0 Å². The van der Waals surface area contributed by atoms with Gasteiger partial charge in [0.05, 0.1) is 11.9 Å². The molecule has 0 unspecified atom stereocenters. The van der Waals surface area contributed by atoms with E-state index in [2.05, 4.69) is 5.10 Å². The summed E-state index contributed by atoms with van der Waals surface area (Å²) in [4.78, 5) is 0. The first-order chi connectivity index (χ1) is 4.97. The summed E-state index contributed by atoms with van der Waals surface area (Å²) in [7, 11) is 0. The van der Waals surface area contributed by atoms with Crippen molar-refractivity contribution in [2.45, 2.75) is 19.4 Å². The lowest BCUT2D eigenvalue weighted by Crippen LogP contribution is -2.19. The number of aromatic nitrogens is 2. The van der Waals surface area contributed by atoms with Gasteiger partial charge in [0.15, 0.2) is 0 Å². The summed E-state index contributed by atoms with van der Waals surface area (Å²) in [5, 5.41) is 3.61. The Morgan fingerprint density at radius 2 is 2.36 bits per heavy atom. The zero-order valence-corrected chi connectivity index (χ0v) is 6.09. The summed E-state index contributed by atoms with van der Waals surface area (Å²) in [6.07, 6.45) is 2.71. The van der Waals surface area contributed by atoms with E-state index in [0.29, 0.717) is 5.69 Å². The van der Waals surface area contributed by atoms with Gasteiger partial charge in [-0.3, -0.25) is 4.68 Å². The minimum Gasteiger partial charge on any atom is -0.396 e. The highest BCUT2D eigenvalue weighted by Crippen LogP contribution is 2.14. The second kappa shape index (κ2) is 2.48. The van der Waals surface area contributed by atoms with Crippen LogP contribution < -0.4 is 5.73 Å². The van der Waals surface area contributed by atoms with Gasteiger partial charge in [0.1, 0.15) is 6.54 Å². The summed E-state index contributed by atoms with van der Waals surface area (Å²) in [5.41, 5.74) is 5.67. The van der Waals surface area contributed by atoms with Crippen LogP contribution >= 0.6 is 0 Å². The van der Waals surface area contributed by atoms with Gasteiger partial charge in [-0.25, -0.2) is 8.78 Å². The molecule has 0 saturated carbocycles. The molecule has 11 heavy (non-hydrogen) atoms. The molecule has 0 fully saturated rings. The number of halogens is 2. The van der Waals surface area contributed by atoms with Gasteiger partial charge in [0.2, 0.25) is 0 Å². The highest BCUT2D eigenvalue weighted by atomic mass is 19.3. The third kappa shape index (κ3) is 2.53. The molecule has 0 aliphatic rings. The van der Waals surface area contributed by atoms with Crippen LogP contribution in [0.25, 0.3) is 0 Å². The van der Waals surface area contributed by atoms with Crippen LogP contribution in [0.1, 0.15) is 6.92 Å². The molecule has 3 nitrogen and oxygen atoms in total. The lowest BCUT2D eigenvalue weighted by Gasteiger charge is -2.08. The van der Waals surface area contributed by atoms with E-state index in [1.54, 1.807) is 0 Å². The Labute approximate surface area is 62.8 Å². The predicted octanol–water partition coefficient (Wildman–Crippen LogP) is 1.12. The van der Waals surface area contributed by atoms with Gasteiger partial charge < -0.3 is 5.73 Å². The highest BCUT2D eigenvalue weighted by molar-refractivity contribution is 5.30. The van der Waals surface area contributed by atoms with Crippen LogP contribution in [0.4, 0.5) is 14.5 Å². The van der Waals surface area contributed by atoms with Crippen molar-refractivity contribution in [3.63, 3.8) is 0 Å². The Bertz CT molecular complexity index is 238. The molecule has 1 aromatic rings. The maximum Gasteiger partial charge on any atom is 0.264 e. The van der Waals surface area contributed by atoms with E-state index in [9.17, 15) is 8.78 Å². The van der Waals surface area contributed by atoms with Crippen molar-refractivity contribution in [1.82, 2.24) is 9.78 Å². The minimum atomic E-state index is -2.74. The van der Waals surface area contributed by atoms with Crippen LogP contribution in [0.3, 0.4) is 0 Å². The Morgan fingerprint density at radius 1 is 1.73 bits per heavy atom. The maximum atomic E-state index is 12.3. The minimum absolute atomic E-state index is 0.397. The molecule has 0 saturated heterocycles. The first kappa shape index (κ1) is 7.97. The molecule has 0 bridgehead atoms. The fourth-order valence-corrected chi connectivity index (χ4v) is 0.750. The molecule has 0 spiro atoms. The Balaban J connectivity index is 2.65. The number of rotatable bonds is 2. The predicted molar refractivity (Wildman–Crippen MR) is 37.3 cm³/mol. The van der Waals surface area contributed by atoms with Gasteiger partial charge in [-0.2, -0.15) is 5.10 Å². The van der Waals surface area contributed by atoms with Gasteiger partial charge >= 0.3 is 0 Å². The van der Waals surface area contributed by atoms with Crippen molar-refractivity contribution in [2.24, 2.45) is 0 Å². The smallest absolute Gasteiger partial charge is 0.264 e. The molecule has 0 aromatic carbocycles. The van der Waals surface area contributed by atoms with E-state index in [4.69, 9.17) is 5.73 Å². The largest absolute Gasteiger partial charge is 0.396 e. The number of hydrogen-bond acceptors (Lipinski definition) is 2. The van der Waals surface area contributed by atoms with Crippen molar-refractivity contribution in [3.8, 4) is 0 Å². The van der Waals surface area contributed by atoms with E-state index >= 15 is 0 Å². The summed E-state index contributed by atoms with van der Waals surface area (Å²) in [5.74, 6) is -2.74. The molecule has 2 N–H and O–H groups in total. The van der Waals surface area contributed by atoms with Crippen molar-refractivity contribution >= 4 is 5.69 Å². The van der Waals surface area contributed by atoms with Crippen LogP contribution in [-0.2, 0) is 6.54 Å². The molecule has 0 amide bonds. The van der Waals surface area contributed by atoms with Gasteiger partial charge in [0, 0.05) is 13.1 Å². The average Bonchev–Trinajstić information content (AvgIpc) is 2.10. The molecule has 62 valence electrons. The topological polar surface area (TPSA) is 43.8 Å². The zero-order valence-electron chi connectivity index (χ0n) is 6.09. The van der Waals surface area contributed by atoms with Crippen molar-refractivity contribution in [2.75, 3.05) is 5.73 Å². The molecular weight excluding hydrogens is 152 g/mol. The first-order valence-corrected chi connectivity index (χ1v) is 3.13. The lowest BCUT2D eigenvalue weighted by atomic mass is 10.4. The van der Waals surface area contributed by atoms with E-state index in [1.807, 2.05) is 0 Å². The van der Waals surface area contributed by atoms with E-state index in [0.717, 1.165) is 11.6 Å². The molecule has 1 rings (SSSR count). The number of nitrogen functional groups attached to an aromatic ring is 1. The molecule has 0 atom stereocenters. The molecule has 0 aliphatic carbocycles. The van der Waals surface area contributed by atoms with Gasteiger partial charge in [-0.05, 0) is 0 Å². The van der Waals surface area contributed by atoms with Gasteiger partial charge in [-0.1, -0.05) is 0 Å². The molecule has 1 heterocycles. The fourth-order valence-electron chi connectivity index (χ4n) is 0.750. The van der Waals surface area contributed by atoms with Crippen LogP contribution in [-0.4, -0.2) is 15.7 Å². The number of alkyl halides is 2. The van der Waals surface area contributed by atoms with Crippen LogP contribution in [0.15, 0.2) is 12.4 Å². The summed E-state index contributed by atoms with van der Waals surface area (Å²) >= 11 is 0. The number of hydrogen-bond donors (Lipinski definition) is 1. The Hall–Kier alpha value is -1.13. The van der Waals surface area contributed by atoms with Crippen molar-refractivity contribution < 1.29 is 8.78 Å². The second-order valence-electron chi connectivity index (χ2n) is 2.54. The van der Waals surface area contributed by atoms with E-state index < -0.39 is 12.5 Å². The molecule has 5 heteroatoms. The first-order valence-electron chi connectivity index (χ1n) is 3.13. The van der Waals surface area contributed by atoms with Crippen molar-refractivity contribution in [1.29, 1.82) is 0 Å². The second-order valence-corrected chi connectivity index (χ2v) is 2.54. The molecule has 0 aliphatic heterocycles. The van der Waals surface area contributed by atoms with Crippen LogP contribution in [0.2, 0.25) is 0 Å². The van der Waals surface area contributed by atoms with E-state index in [-0.39, 0.29) is 0 Å². The third-order valence-electron chi connectivity index (χ3n) is 1.09. The lowest BCUT2D eigenvalue weighted by molar-refractivity contribution is 0.000614. The normalized spacial score (nSPS) is 11.9. The Morgan fingerprint density at radius 3 is 2.73 bits per heavy atom. The molecule has 0 radical (unpaired) electrons. The zero-order chi connectivity index (χ0) is 8.48. The van der Waals surface area contributed by atoms with Gasteiger partial charge in [0.25, 0.3) is 5.92 Å². The van der Waals surface area contributed by atoms with Gasteiger partial charge in [-0.15, -0.1) is 0 Å². The Kier molecular flexibility index (Phi) is 1.80. The summed E-state index contributed by atoms with van der Waals surface area (Å²) in [6.45, 7) is 0.412. The van der Waals surface area contributed by atoms with E-state index in [1.165, 1.54) is 12.4 Å². The number of nitrogens with two attached hydrogens (primary N) is 1. The average molecular weight is 161 g/mol.